The molecule has 1 aliphatic heterocycles. The third-order valence-corrected chi connectivity index (χ3v) is 6.31. The molecule has 3 nitrogen and oxygen atoms in total. The largest absolute Gasteiger partial charge is 0.336 e. The second-order valence-corrected chi connectivity index (χ2v) is 7.47. The molecule has 18 heavy (non-hydrogen) atoms. The van der Waals surface area contributed by atoms with Gasteiger partial charge in [-0.2, -0.15) is 11.8 Å². The highest BCUT2D eigenvalue weighted by atomic mass is 32.2. The van der Waals surface area contributed by atoms with Gasteiger partial charge in [0, 0.05) is 23.6 Å². The molecule has 102 valence electrons. The van der Waals surface area contributed by atoms with Crippen LogP contribution in [0.5, 0.6) is 0 Å². The summed E-state index contributed by atoms with van der Waals surface area (Å²) < 4.78 is 0. The Balaban J connectivity index is 1.75. The number of fused-ring (bicyclic) bond motifs is 1. The van der Waals surface area contributed by atoms with E-state index in [1.807, 2.05) is 0 Å². The number of rotatable bonds is 1. The van der Waals surface area contributed by atoms with Crippen LogP contribution in [0.2, 0.25) is 0 Å². The highest BCUT2D eigenvalue weighted by Crippen LogP contribution is 2.38. The van der Waals surface area contributed by atoms with Crippen LogP contribution in [0.25, 0.3) is 0 Å². The number of hydrogen-bond acceptors (Lipinski definition) is 3. The Morgan fingerprint density at radius 3 is 2.67 bits per heavy atom. The maximum atomic E-state index is 12.8. The molecule has 3 aliphatic rings. The van der Waals surface area contributed by atoms with E-state index >= 15 is 0 Å². The van der Waals surface area contributed by atoms with Crippen LogP contribution in [-0.4, -0.2) is 39.9 Å². The van der Waals surface area contributed by atoms with Gasteiger partial charge < -0.3 is 10.6 Å². The van der Waals surface area contributed by atoms with Crippen LogP contribution >= 0.6 is 11.8 Å². The lowest BCUT2D eigenvalue weighted by molar-refractivity contribution is -0.139. The van der Waals surface area contributed by atoms with Crippen molar-refractivity contribution >= 4 is 17.7 Å². The lowest BCUT2D eigenvalue weighted by Gasteiger charge is -2.46. The predicted octanol–water partition coefficient (Wildman–Crippen LogP) is 2.14. The zero-order chi connectivity index (χ0) is 12.6. The predicted molar refractivity (Wildman–Crippen MR) is 75.6 cm³/mol. The summed E-state index contributed by atoms with van der Waals surface area (Å²) in [6.07, 6.45) is 9.14. The van der Waals surface area contributed by atoms with E-state index in [0.29, 0.717) is 11.3 Å². The van der Waals surface area contributed by atoms with Crippen molar-refractivity contribution in [3.63, 3.8) is 0 Å². The molecule has 2 aliphatic carbocycles. The molecule has 3 fully saturated rings. The summed E-state index contributed by atoms with van der Waals surface area (Å²) in [4.78, 5) is 14.9. The van der Waals surface area contributed by atoms with Gasteiger partial charge in [-0.15, -0.1) is 0 Å². The molecule has 0 bridgehead atoms. The highest BCUT2D eigenvalue weighted by Gasteiger charge is 2.44. The van der Waals surface area contributed by atoms with Crippen LogP contribution in [0, 0.1) is 0 Å². The summed E-state index contributed by atoms with van der Waals surface area (Å²) in [5, 5.41) is 0.682. The third kappa shape index (κ3) is 2.18. The molecule has 0 aromatic carbocycles. The van der Waals surface area contributed by atoms with Crippen molar-refractivity contribution in [3.8, 4) is 0 Å². The zero-order valence-corrected chi connectivity index (χ0v) is 11.9. The van der Waals surface area contributed by atoms with Gasteiger partial charge in [-0.3, -0.25) is 4.79 Å². The topological polar surface area (TPSA) is 46.3 Å². The number of nitrogens with zero attached hydrogens (tertiary/aromatic N) is 1. The lowest BCUT2D eigenvalue weighted by Crippen LogP contribution is -2.60. The van der Waals surface area contributed by atoms with E-state index in [1.165, 1.54) is 25.7 Å². The maximum absolute atomic E-state index is 12.8. The Morgan fingerprint density at radius 1 is 1.17 bits per heavy atom. The summed E-state index contributed by atoms with van der Waals surface area (Å²) in [6, 6.07) is 0.478. The zero-order valence-electron chi connectivity index (χ0n) is 11.1. The van der Waals surface area contributed by atoms with E-state index in [-0.39, 0.29) is 5.91 Å². The summed E-state index contributed by atoms with van der Waals surface area (Å²) in [5.41, 5.74) is 5.83. The van der Waals surface area contributed by atoms with E-state index < -0.39 is 5.54 Å². The molecule has 4 heteroatoms. The van der Waals surface area contributed by atoms with Crippen molar-refractivity contribution in [2.45, 2.75) is 68.2 Å². The van der Waals surface area contributed by atoms with Gasteiger partial charge in [0.15, 0.2) is 0 Å². The van der Waals surface area contributed by atoms with Crippen molar-refractivity contribution in [2.75, 3.05) is 12.3 Å². The first-order valence-electron chi connectivity index (χ1n) is 7.42. The SMILES string of the molecule is NC1(C(=O)N2CCSC3CCCCC32)CCCC1. The van der Waals surface area contributed by atoms with Crippen molar-refractivity contribution in [1.82, 2.24) is 4.90 Å². The first-order chi connectivity index (χ1) is 8.71. The molecule has 1 saturated heterocycles. The van der Waals surface area contributed by atoms with E-state index in [0.717, 1.165) is 38.0 Å². The fourth-order valence-electron chi connectivity index (χ4n) is 3.85. The second-order valence-electron chi connectivity index (χ2n) is 6.12. The minimum absolute atomic E-state index is 0.261. The van der Waals surface area contributed by atoms with Gasteiger partial charge in [-0.05, 0) is 25.7 Å². The van der Waals surface area contributed by atoms with E-state index in [2.05, 4.69) is 16.7 Å². The molecule has 2 atom stereocenters. The average Bonchev–Trinajstić information content (AvgIpc) is 2.85. The molecule has 2 unspecified atom stereocenters. The fourth-order valence-corrected chi connectivity index (χ4v) is 5.30. The molecule has 0 aromatic rings. The Morgan fingerprint density at radius 2 is 1.89 bits per heavy atom. The summed E-state index contributed by atoms with van der Waals surface area (Å²) in [6.45, 7) is 0.920. The first kappa shape index (κ1) is 12.8. The van der Waals surface area contributed by atoms with Crippen molar-refractivity contribution < 1.29 is 4.79 Å². The van der Waals surface area contributed by atoms with Crippen LogP contribution in [0.3, 0.4) is 0 Å². The van der Waals surface area contributed by atoms with Gasteiger partial charge in [0.2, 0.25) is 5.91 Å². The molecule has 1 amide bonds. The number of hydrogen-bond donors (Lipinski definition) is 1. The maximum Gasteiger partial charge on any atom is 0.242 e. The number of carbonyl (C=O) groups is 1. The van der Waals surface area contributed by atoms with Gasteiger partial charge >= 0.3 is 0 Å². The molecule has 2 saturated carbocycles. The minimum atomic E-state index is -0.524. The molecule has 0 aromatic heterocycles. The van der Waals surface area contributed by atoms with Crippen LogP contribution < -0.4 is 5.73 Å². The number of carbonyl (C=O) groups excluding carboxylic acids is 1. The Kier molecular flexibility index (Phi) is 3.59. The monoisotopic (exact) mass is 268 g/mol. The highest BCUT2D eigenvalue weighted by molar-refractivity contribution is 8.00. The standard InChI is InChI=1S/C14H24N2OS/c15-14(7-3-4-8-14)13(17)16-9-10-18-12-6-2-1-5-11(12)16/h11-12H,1-10,15H2. The second kappa shape index (κ2) is 5.04. The van der Waals surface area contributed by atoms with Crippen LogP contribution in [0.15, 0.2) is 0 Å². The van der Waals surface area contributed by atoms with Crippen molar-refractivity contribution in [3.05, 3.63) is 0 Å². The van der Waals surface area contributed by atoms with Gasteiger partial charge in [0.1, 0.15) is 0 Å². The Labute approximate surface area is 114 Å². The van der Waals surface area contributed by atoms with E-state index in [4.69, 9.17) is 5.73 Å². The minimum Gasteiger partial charge on any atom is -0.336 e. The molecular weight excluding hydrogens is 244 g/mol. The fraction of sp³-hybridized carbons (Fsp3) is 0.929. The Hall–Kier alpha value is -0.220. The number of amides is 1. The summed E-state index contributed by atoms with van der Waals surface area (Å²) in [5.74, 6) is 1.36. The number of nitrogens with two attached hydrogens (primary N) is 1. The van der Waals surface area contributed by atoms with Gasteiger partial charge in [0.25, 0.3) is 0 Å². The third-order valence-electron chi connectivity index (χ3n) is 4.91. The van der Waals surface area contributed by atoms with Gasteiger partial charge in [-0.1, -0.05) is 25.7 Å². The van der Waals surface area contributed by atoms with Crippen molar-refractivity contribution in [2.24, 2.45) is 5.73 Å². The van der Waals surface area contributed by atoms with Gasteiger partial charge in [-0.25, -0.2) is 0 Å². The molecule has 0 radical (unpaired) electrons. The van der Waals surface area contributed by atoms with E-state index in [1.54, 1.807) is 0 Å². The van der Waals surface area contributed by atoms with Crippen LogP contribution in [-0.2, 0) is 4.79 Å². The summed E-state index contributed by atoms with van der Waals surface area (Å²) >= 11 is 2.08. The lowest BCUT2D eigenvalue weighted by atomic mass is 9.90. The first-order valence-corrected chi connectivity index (χ1v) is 8.47. The molecule has 3 rings (SSSR count). The van der Waals surface area contributed by atoms with Gasteiger partial charge in [0.05, 0.1) is 5.54 Å². The molecule has 1 heterocycles. The Bertz CT molecular complexity index is 326. The van der Waals surface area contributed by atoms with E-state index in [9.17, 15) is 4.79 Å². The number of thioether (sulfide) groups is 1. The normalized spacial score (nSPS) is 35.3. The average molecular weight is 268 g/mol. The molecule has 0 spiro atoms. The molecular formula is C14H24N2OS. The van der Waals surface area contributed by atoms with Crippen LogP contribution in [0.4, 0.5) is 0 Å². The summed E-state index contributed by atoms with van der Waals surface area (Å²) in [7, 11) is 0. The van der Waals surface area contributed by atoms with Crippen molar-refractivity contribution in [1.29, 1.82) is 0 Å². The van der Waals surface area contributed by atoms with Crippen LogP contribution in [0.1, 0.15) is 51.4 Å². The smallest absolute Gasteiger partial charge is 0.242 e. The molecule has 2 N–H and O–H groups in total. The quantitative estimate of drug-likeness (QED) is 0.792.